The second-order valence-electron chi connectivity index (χ2n) is 8.96. The van der Waals surface area contributed by atoms with Crippen LogP contribution < -0.4 is 15.1 Å². The lowest BCUT2D eigenvalue weighted by molar-refractivity contribution is -0.134. The Kier molecular flexibility index (Phi) is 7.15. The molecule has 1 aliphatic rings. The van der Waals surface area contributed by atoms with Gasteiger partial charge in [0.2, 0.25) is 11.8 Å². The standard InChI is InChI=1S/C28H28N4O4/c1-19-8-10-20(11-9-19)16-31(17-25(33)29-21-12-14-22(15-13-21)30(2)3)26(34)18-32-24-7-5-4-6-23(24)27(35)28(32)36/h4-15H,16-18H2,1-3H3,(H,29,33). The van der Waals surface area contributed by atoms with E-state index in [9.17, 15) is 19.2 Å². The molecule has 0 atom stereocenters. The van der Waals surface area contributed by atoms with Crippen molar-refractivity contribution in [1.82, 2.24) is 4.90 Å². The number of hydrogen-bond donors (Lipinski definition) is 1. The van der Waals surface area contributed by atoms with E-state index in [1.807, 2.05) is 62.3 Å². The van der Waals surface area contributed by atoms with Crippen LogP contribution in [0.25, 0.3) is 0 Å². The summed E-state index contributed by atoms with van der Waals surface area (Å²) in [6.07, 6.45) is 0. The molecule has 184 valence electrons. The lowest BCUT2D eigenvalue weighted by Crippen LogP contribution is -2.45. The Hall–Kier alpha value is -4.46. The van der Waals surface area contributed by atoms with Gasteiger partial charge in [-0.15, -0.1) is 0 Å². The van der Waals surface area contributed by atoms with E-state index in [1.54, 1.807) is 36.4 Å². The number of amides is 3. The number of hydrogen-bond acceptors (Lipinski definition) is 5. The quantitative estimate of drug-likeness (QED) is 0.496. The van der Waals surface area contributed by atoms with Crippen LogP contribution in [0.3, 0.4) is 0 Å². The van der Waals surface area contributed by atoms with Gasteiger partial charge in [0.05, 0.1) is 11.3 Å². The summed E-state index contributed by atoms with van der Waals surface area (Å²) in [4.78, 5) is 55.7. The Labute approximate surface area is 210 Å². The maximum atomic E-state index is 13.4. The Morgan fingerprint density at radius 1 is 0.889 bits per heavy atom. The van der Waals surface area contributed by atoms with Gasteiger partial charge in [0.1, 0.15) is 13.1 Å². The van der Waals surface area contributed by atoms with Gasteiger partial charge in [-0.2, -0.15) is 0 Å². The molecule has 0 bridgehead atoms. The zero-order chi connectivity index (χ0) is 25.8. The lowest BCUT2D eigenvalue weighted by Gasteiger charge is -2.25. The fourth-order valence-corrected chi connectivity index (χ4v) is 4.00. The predicted molar refractivity (Wildman–Crippen MR) is 139 cm³/mol. The van der Waals surface area contributed by atoms with Gasteiger partial charge in [-0.1, -0.05) is 42.0 Å². The van der Waals surface area contributed by atoms with Crippen molar-refractivity contribution in [2.24, 2.45) is 0 Å². The van der Waals surface area contributed by atoms with Gasteiger partial charge >= 0.3 is 0 Å². The third-order valence-corrected chi connectivity index (χ3v) is 6.02. The Morgan fingerprint density at radius 3 is 2.22 bits per heavy atom. The van der Waals surface area contributed by atoms with E-state index in [2.05, 4.69) is 5.32 Å². The normalized spacial score (nSPS) is 12.4. The smallest absolute Gasteiger partial charge is 0.299 e. The summed E-state index contributed by atoms with van der Waals surface area (Å²) in [6, 6.07) is 21.6. The minimum Gasteiger partial charge on any atom is -0.378 e. The molecule has 0 aliphatic carbocycles. The molecule has 1 aliphatic heterocycles. The van der Waals surface area contributed by atoms with Crippen molar-refractivity contribution in [2.45, 2.75) is 13.5 Å². The maximum Gasteiger partial charge on any atom is 0.299 e. The van der Waals surface area contributed by atoms with Crippen molar-refractivity contribution in [1.29, 1.82) is 0 Å². The van der Waals surface area contributed by atoms with Crippen molar-refractivity contribution >= 4 is 40.6 Å². The molecule has 3 amide bonds. The summed E-state index contributed by atoms with van der Waals surface area (Å²) in [5, 5.41) is 2.83. The maximum absolute atomic E-state index is 13.4. The molecular weight excluding hydrogens is 456 g/mol. The third-order valence-electron chi connectivity index (χ3n) is 6.02. The molecule has 36 heavy (non-hydrogen) atoms. The molecule has 0 unspecified atom stereocenters. The Balaban J connectivity index is 1.51. The number of carbonyl (C=O) groups excluding carboxylic acids is 4. The first-order chi connectivity index (χ1) is 17.2. The molecule has 4 rings (SSSR count). The van der Waals surface area contributed by atoms with E-state index in [4.69, 9.17) is 0 Å². The van der Waals surface area contributed by atoms with Gasteiger partial charge < -0.3 is 15.1 Å². The van der Waals surface area contributed by atoms with Gasteiger partial charge in [0.25, 0.3) is 11.7 Å². The summed E-state index contributed by atoms with van der Waals surface area (Å²) in [5.74, 6) is -2.18. The molecule has 1 N–H and O–H groups in total. The number of nitrogens with one attached hydrogen (secondary N) is 1. The molecule has 0 fully saturated rings. The van der Waals surface area contributed by atoms with Crippen molar-refractivity contribution in [3.8, 4) is 0 Å². The van der Waals surface area contributed by atoms with Gasteiger partial charge in [0, 0.05) is 32.0 Å². The number of ketones is 1. The van der Waals surface area contributed by atoms with Crippen molar-refractivity contribution < 1.29 is 19.2 Å². The van der Waals surface area contributed by atoms with Gasteiger partial charge in [-0.05, 0) is 48.9 Å². The number of para-hydroxylation sites is 1. The minimum absolute atomic E-state index is 0.184. The van der Waals surface area contributed by atoms with Crippen molar-refractivity contribution in [2.75, 3.05) is 42.3 Å². The fourth-order valence-electron chi connectivity index (χ4n) is 4.00. The van der Waals surface area contributed by atoms with Crippen LogP contribution in [0.4, 0.5) is 17.1 Å². The summed E-state index contributed by atoms with van der Waals surface area (Å²) in [7, 11) is 3.86. The van der Waals surface area contributed by atoms with Gasteiger partial charge in [-0.3, -0.25) is 24.1 Å². The number of nitrogens with zero attached hydrogens (tertiary/aromatic N) is 3. The minimum atomic E-state index is -0.745. The van der Waals surface area contributed by atoms with E-state index in [0.717, 1.165) is 16.8 Å². The molecule has 0 saturated carbocycles. The highest BCUT2D eigenvalue weighted by Crippen LogP contribution is 2.28. The van der Waals surface area contributed by atoms with Crippen LogP contribution in [-0.4, -0.2) is 55.6 Å². The number of aryl methyl sites for hydroxylation is 1. The summed E-state index contributed by atoms with van der Waals surface area (Å²) in [6.45, 7) is 1.61. The first-order valence-electron chi connectivity index (χ1n) is 11.6. The van der Waals surface area contributed by atoms with Gasteiger partial charge in [-0.25, -0.2) is 0 Å². The van der Waals surface area contributed by atoms with Crippen molar-refractivity contribution in [3.63, 3.8) is 0 Å². The summed E-state index contributed by atoms with van der Waals surface area (Å²) < 4.78 is 0. The van der Waals surface area contributed by atoms with E-state index in [0.29, 0.717) is 11.4 Å². The average molecular weight is 485 g/mol. The highest BCUT2D eigenvalue weighted by molar-refractivity contribution is 6.52. The lowest BCUT2D eigenvalue weighted by atomic mass is 10.1. The first-order valence-corrected chi connectivity index (χ1v) is 11.6. The van der Waals surface area contributed by atoms with Crippen LogP contribution >= 0.6 is 0 Å². The fraction of sp³-hybridized carbons (Fsp3) is 0.214. The average Bonchev–Trinajstić information content (AvgIpc) is 3.10. The van der Waals surface area contributed by atoms with E-state index >= 15 is 0 Å². The van der Waals surface area contributed by atoms with E-state index in [-0.39, 0.29) is 31.1 Å². The molecule has 0 radical (unpaired) electrons. The number of benzene rings is 3. The van der Waals surface area contributed by atoms with Crippen LogP contribution in [0.5, 0.6) is 0 Å². The SMILES string of the molecule is Cc1ccc(CN(CC(=O)Nc2ccc(N(C)C)cc2)C(=O)CN2C(=O)C(=O)c3ccccc32)cc1. The highest BCUT2D eigenvalue weighted by atomic mass is 16.2. The largest absolute Gasteiger partial charge is 0.378 e. The Bertz CT molecular complexity index is 1300. The molecule has 0 saturated heterocycles. The molecule has 0 spiro atoms. The second kappa shape index (κ2) is 10.4. The first kappa shape index (κ1) is 24.7. The van der Waals surface area contributed by atoms with E-state index in [1.165, 1.54) is 9.80 Å². The van der Waals surface area contributed by atoms with E-state index < -0.39 is 17.6 Å². The van der Waals surface area contributed by atoms with Gasteiger partial charge in [0.15, 0.2) is 0 Å². The summed E-state index contributed by atoms with van der Waals surface area (Å²) in [5.41, 5.74) is 4.22. The van der Waals surface area contributed by atoms with Crippen molar-refractivity contribution in [3.05, 3.63) is 89.5 Å². The Morgan fingerprint density at radius 2 is 1.56 bits per heavy atom. The monoisotopic (exact) mass is 484 g/mol. The third kappa shape index (κ3) is 5.43. The number of fused-ring (bicyclic) bond motifs is 1. The highest BCUT2D eigenvalue weighted by Gasteiger charge is 2.37. The van der Waals surface area contributed by atoms with Crippen LogP contribution in [0.1, 0.15) is 21.5 Å². The number of Topliss-reactive ketones (excluding diaryl/α,β-unsaturated/α-hetero) is 1. The number of carbonyl (C=O) groups is 4. The molecular formula is C28H28N4O4. The second-order valence-corrected chi connectivity index (χ2v) is 8.96. The van der Waals surface area contributed by atoms with Crippen LogP contribution in [0.2, 0.25) is 0 Å². The molecule has 8 nitrogen and oxygen atoms in total. The molecule has 0 aromatic heterocycles. The molecule has 1 heterocycles. The molecule has 3 aromatic rings. The number of anilines is 3. The number of rotatable bonds is 8. The van der Waals surface area contributed by atoms with Crippen LogP contribution in [0, 0.1) is 6.92 Å². The zero-order valence-corrected chi connectivity index (χ0v) is 20.5. The molecule has 3 aromatic carbocycles. The summed E-state index contributed by atoms with van der Waals surface area (Å²) >= 11 is 0. The molecule has 8 heteroatoms. The van der Waals surface area contributed by atoms with Crippen LogP contribution in [-0.2, 0) is 20.9 Å². The van der Waals surface area contributed by atoms with Crippen LogP contribution in [0.15, 0.2) is 72.8 Å². The topological polar surface area (TPSA) is 90.0 Å². The zero-order valence-electron chi connectivity index (χ0n) is 20.5. The predicted octanol–water partition coefficient (Wildman–Crippen LogP) is 3.26.